The topological polar surface area (TPSA) is 35.6 Å². The summed E-state index contributed by atoms with van der Waals surface area (Å²) in [5.41, 5.74) is 6.62. The van der Waals surface area contributed by atoms with Gasteiger partial charge in [0.15, 0.2) is 11.6 Å². The predicted molar refractivity (Wildman–Crippen MR) is 164 cm³/mol. The molecule has 0 aliphatic heterocycles. The van der Waals surface area contributed by atoms with Crippen molar-refractivity contribution in [1.29, 1.82) is 0 Å². The van der Waals surface area contributed by atoms with E-state index in [-0.39, 0.29) is 0 Å². The number of para-hydroxylation sites is 3. The number of rotatable bonds is 4. The Morgan fingerprint density at radius 2 is 0.925 bits per heavy atom. The van der Waals surface area contributed by atoms with Crippen molar-refractivity contribution in [3.05, 3.63) is 146 Å². The Bertz CT molecular complexity index is 2100. The maximum Gasteiger partial charge on any atom is 0.169 e. The lowest BCUT2D eigenvalue weighted by molar-refractivity contribution is 1.07. The van der Waals surface area contributed by atoms with Crippen molar-refractivity contribution in [2.45, 2.75) is 0 Å². The highest BCUT2D eigenvalue weighted by molar-refractivity contribution is 6.11. The van der Waals surface area contributed by atoms with Crippen molar-refractivity contribution < 1.29 is 0 Å². The van der Waals surface area contributed by atoms with Crippen LogP contribution in [0.1, 0.15) is 0 Å². The van der Waals surface area contributed by atoms with Crippen molar-refractivity contribution in [2.75, 3.05) is 0 Å². The summed E-state index contributed by atoms with van der Waals surface area (Å²) in [6.07, 6.45) is 0. The van der Waals surface area contributed by atoms with Crippen LogP contribution in [-0.2, 0) is 0 Å². The molecular weight excluding hydrogens is 488 g/mol. The third kappa shape index (κ3) is 3.40. The smallest absolute Gasteiger partial charge is 0.169 e. The molecule has 0 aliphatic rings. The zero-order chi connectivity index (χ0) is 26.5. The van der Waals surface area contributed by atoms with Gasteiger partial charge in [-0.2, -0.15) is 0 Å². The fourth-order valence-corrected chi connectivity index (χ4v) is 5.92. The molecule has 0 saturated heterocycles. The van der Waals surface area contributed by atoms with Crippen molar-refractivity contribution >= 4 is 32.6 Å². The lowest BCUT2D eigenvalue weighted by atomic mass is 10.0. The maximum atomic E-state index is 4.79. The summed E-state index contributed by atoms with van der Waals surface area (Å²) in [4.78, 5) is 0. The number of hydrogen-bond donors (Lipinski definition) is 0. The second-order valence-corrected chi connectivity index (χ2v) is 9.93. The molecule has 2 heterocycles. The SMILES string of the molecule is c1ccc(-c2nnc(-c3cccc4c(-n5c6ccccc6c6ccccc65)cccc34)n2-c2ccccc2)cc1. The van der Waals surface area contributed by atoms with Crippen LogP contribution in [-0.4, -0.2) is 19.3 Å². The van der Waals surface area contributed by atoms with Gasteiger partial charge in [0.1, 0.15) is 0 Å². The highest BCUT2D eigenvalue weighted by Gasteiger charge is 2.20. The standard InChI is InChI=1S/C36H24N4/c1-3-13-25(14-4-1)35-37-38-36(39(35)26-15-5-2-6-16-26)31-21-11-20-28-27(31)19-12-24-34(28)40-32-22-9-7-17-29(32)30-18-8-10-23-33(30)40/h1-24H. The molecule has 0 aliphatic carbocycles. The van der Waals surface area contributed by atoms with Gasteiger partial charge in [0.25, 0.3) is 0 Å². The Kier molecular flexibility index (Phi) is 5.10. The second kappa shape index (κ2) is 9.07. The summed E-state index contributed by atoms with van der Waals surface area (Å²) < 4.78 is 4.55. The fraction of sp³-hybridized carbons (Fsp3) is 0. The van der Waals surface area contributed by atoms with Crippen LogP contribution in [0.15, 0.2) is 146 Å². The molecule has 2 aromatic heterocycles. The van der Waals surface area contributed by atoms with Gasteiger partial charge < -0.3 is 4.57 Å². The van der Waals surface area contributed by atoms with Crippen molar-refractivity contribution in [2.24, 2.45) is 0 Å². The fourth-order valence-electron chi connectivity index (χ4n) is 5.92. The molecule has 0 spiro atoms. The lowest BCUT2D eigenvalue weighted by Gasteiger charge is -2.15. The molecule has 0 unspecified atom stereocenters. The van der Waals surface area contributed by atoms with Crippen molar-refractivity contribution in [3.63, 3.8) is 0 Å². The van der Waals surface area contributed by atoms with E-state index in [1.165, 1.54) is 21.8 Å². The van der Waals surface area contributed by atoms with Gasteiger partial charge in [-0.05, 0) is 35.7 Å². The third-order valence-electron chi connectivity index (χ3n) is 7.67. The molecule has 0 bridgehead atoms. The highest BCUT2D eigenvalue weighted by atomic mass is 15.3. The number of nitrogens with zero attached hydrogens (tertiary/aromatic N) is 4. The number of benzene rings is 6. The monoisotopic (exact) mass is 512 g/mol. The number of hydrogen-bond acceptors (Lipinski definition) is 2. The van der Waals surface area contributed by atoms with E-state index in [1.807, 2.05) is 24.3 Å². The Balaban J connectivity index is 1.42. The number of aromatic nitrogens is 4. The van der Waals surface area contributed by atoms with Crippen LogP contribution in [0.5, 0.6) is 0 Å². The Hall–Kier alpha value is -5.48. The molecule has 8 aromatic rings. The molecule has 188 valence electrons. The van der Waals surface area contributed by atoms with Crippen molar-refractivity contribution in [1.82, 2.24) is 19.3 Å². The van der Waals surface area contributed by atoms with Gasteiger partial charge >= 0.3 is 0 Å². The van der Waals surface area contributed by atoms with Gasteiger partial charge in [-0.1, -0.05) is 115 Å². The molecule has 0 amide bonds. The predicted octanol–water partition coefficient (Wildman–Crippen LogP) is 8.85. The highest BCUT2D eigenvalue weighted by Crippen LogP contribution is 2.38. The van der Waals surface area contributed by atoms with E-state index in [1.54, 1.807) is 0 Å². The molecule has 0 atom stereocenters. The average Bonchev–Trinajstić information content (AvgIpc) is 3.61. The molecule has 0 saturated carbocycles. The van der Waals surface area contributed by atoms with Gasteiger partial charge in [-0.15, -0.1) is 10.2 Å². The largest absolute Gasteiger partial charge is 0.309 e. The quantitative estimate of drug-likeness (QED) is 0.236. The van der Waals surface area contributed by atoms with Crippen LogP contribution in [0.25, 0.3) is 66.7 Å². The first-order chi connectivity index (χ1) is 19.9. The van der Waals surface area contributed by atoms with E-state index in [9.17, 15) is 0 Å². The Morgan fingerprint density at radius 1 is 0.375 bits per heavy atom. The van der Waals surface area contributed by atoms with E-state index in [4.69, 9.17) is 10.2 Å². The number of fused-ring (bicyclic) bond motifs is 4. The molecular formula is C36H24N4. The van der Waals surface area contributed by atoms with Crippen LogP contribution in [0.2, 0.25) is 0 Å². The van der Waals surface area contributed by atoms with E-state index in [0.717, 1.165) is 44.9 Å². The summed E-state index contributed by atoms with van der Waals surface area (Å²) in [6, 6.07) is 50.9. The van der Waals surface area contributed by atoms with Crippen LogP contribution in [0.4, 0.5) is 0 Å². The van der Waals surface area contributed by atoms with Crippen LogP contribution >= 0.6 is 0 Å². The van der Waals surface area contributed by atoms with Crippen molar-refractivity contribution in [3.8, 4) is 34.2 Å². The summed E-state index contributed by atoms with van der Waals surface area (Å²) in [7, 11) is 0. The van der Waals surface area contributed by atoms with Crippen LogP contribution in [0.3, 0.4) is 0 Å². The average molecular weight is 513 g/mol. The molecule has 4 heteroatoms. The van der Waals surface area contributed by atoms with Gasteiger partial charge in [0.05, 0.1) is 16.7 Å². The summed E-state index contributed by atoms with van der Waals surface area (Å²) >= 11 is 0. The summed E-state index contributed by atoms with van der Waals surface area (Å²) in [5, 5.41) is 14.3. The lowest BCUT2D eigenvalue weighted by Crippen LogP contribution is -2.01. The Morgan fingerprint density at radius 3 is 1.65 bits per heavy atom. The van der Waals surface area contributed by atoms with Gasteiger partial charge in [0, 0.05) is 33.0 Å². The second-order valence-electron chi connectivity index (χ2n) is 9.93. The Labute approximate surface area is 231 Å². The maximum absolute atomic E-state index is 4.79. The summed E-state index contributed by atoms with van der Waals surface area (Å²) in [6.45, 7) is 0. The first-order valence-corrected chi connectivity index (χ1v) is 13.5. The van der Waals surface area contributed by atoms with E-state index < -0.39 is 0 Å². The van der Waals surface area contributed by atoms with Crippen LogP contribution in [0, 0.1) is 0 Å². The molecule has 6 aromatic carbocycles. The zero-order valence-electron chi connectivity index (χ0n) is 21.6. The minimum absolute atomic E-state index is 0.815. The molecule has 8 rings (SSSR count). The zero-order valence-corrected chi connectivity index (χ0v) is 21.6. The first-order valence-electron chi connectivity index (χ1n) is 13.5. The van der Waals surface area contributed by atoms with Crippen LogP contribution < -0.4 is 0 Å². The first kappa shape index (κ1) is 22.5. The molecule has 40 heavy (non-hydrogen) atoms. The normalized spacial score (nSPS) is 11.5. The van der Waals surface area contributed by atoms with E-state index in [2.05, 4.69) is 130 Å². The van der Waals surface area contributed by atoms with Gasteiger partial charge in [0.2, 0.25) is 0 Å². The van der Waals surface area contributed by atoms with Gasteiger partial charge in [-0.3, -0.25) is 4.57 Å². The molecule has 0 fully saturated rings. The molecule has 0 radical (unpaired) electrons. The minimum Gasteiger partial charge on any atom is -0.309 e. The minimum atomic E-state index is 0.815. The summed E-state index contributed by atoms with van der Waals surface area (Å²) in [5.74, 6) is 1.63. The molecule has 0 N–H and O–H groups in total. The third-order valence-corrected chi connectivity index (χ3v) is 7.67. The van der Waals surface area contributed by atoms with E-state index >= 15 is 0 Å². The molecule has 4 nitrogen and oxygen atoms in total. The van der Waals surface area contributed by atoms with E-state index in [0.29, 0.717) is 0 Å². The van der Waals surface area contributed by atoms with Gasteiger partial charge in [-0.25, -0.2) is 0 Å².